The van der Waals surface area contributed by atoms with Crippen LogP contribution in [0.4, 0.5) is 11.4 Å². The van der Waals surface area contributed by atoms with Crippen molar-refractivity contribution in [2.45, 2.75) is 11.8 Å². The lowest BCUT2D eigenvalue weighted by molar-refractivity contribution is -0.115. The third kappa shape index (κ3) is 3.39. The number of anilines is 2. The molecule has 1 aliphatic heterocycles. The van der Waals surface area contributed by atoms with E-state index in [1.165, 1.54) is 10.5 Å². The summed E-state index contributed by atoms with van der Waals surface area (Å²) in [5.41, 5.74) is 3.20. The van der Waals surface area contributed by atoms with Crippen LogP contribution in [0.5, 0.6) is 0 Å². The number of thioether (sulfide) groups is 1. The van der Waals surface area contributed by atoms with E-state index in [-0.39, 0.29) is 5.91 Å². The number of rotatable bonds is 3. The van der Waals surface area contributed by atoms with E-state index in [1.807, 2.05) is 55.1 Å². The molecule has 108 valence electrons. The van der Waals surface area contributed by atoms with Crippen molar-refractivity contribution in [1.29, 1.82) is 0 Å². The third-order valence-corrected chi connectivity index (χ3v) is 4.54. The van der Waals surface area contributed by atoms with Crippen LogP contribution in [0.15, 0.2) is 53.4 Å². The van der Waals surface area contributed by atoms with Crippen molar-refractivity contribution in [2.75, 3.05) is 29.1 Å². The Balaban J connectivity index is 1.67. The molecular formula is C17H18N2OS. The molecule has 21 heavy (non-hydrogen) atoms. The van der Waals surface area contributed by atoms with Crippen molar-refractivity contribution in [2.24, 2.45) is 0 Å². The zero-order valence-electron chi connectivity index (χ0n) is 12.0. The van der Waals surface area contributed by atoms with Crippen molar-refractivity contribution in [3.05, 3.63) is 54.1 Å². The summed E-state index contributed by atoms with van der Waals surface area (Å²) >= 11 is 1.85. The first-order valence-corrected chi connectivity index (χ1v) is 8.04. The number of nitrogens with one attached hydrogen (secondary N) is 1. The zero-order valence-corrected chi connectivity index (χ0v) is 12.8. The largest absolute Gasteiger partial charge is 0.360 e. The number of nitrogens with zero attached hydrogens (tertiary/aromatic N) is 1. The predicted molar refractivity (Wildman–Crippen MR) is 89.2 cm³/mol. The standard InChI is InChI=1S/C17H18N2OS/c1-13-6-8-14(9-7-13)18-17(20)12-19-10-11-21-16-5-3-2-4-15(16)19/h2-9H,10-12H2,1H3,(H,18,20). The van der Waals surface area contributed by atoms with Gasteiger partial charge in [-0.2, -0.15) is 0 Å². The molecule has 0 atom stereocenters. The molecule has 0 saturated heterocycles. The van der Waals surface area contributed by atoms with Gasteiger partial charge in [-0.25, -0.2) is 0 Å². The Labute approximate surface area is 129 Å². The Morgan fingerprint density at radius 3 is 2.76 bits per heavy atom. The second kappa shape index (κ2) is 6.22. The third-order valence-electron chi connectivity index (χ3n) is 3.49. The first kappa shape index (κ1) is 14.0. The second-order valence-electron chi connectivity index (χ2n) is 5.15. The minimum Gasteiger partial charge on any atom is -0.360 e. The molecule has 1 N–H and O–H groups in total. The van der Waals surface area contributed by atoms with E-state index in [1.54, 1.807) is 0 Å². The Bertz CT molecular complexity index is 639. The molecule has 0 fully saturated rings. The molecule has 2 aromatic carbocycles. The van der Waals surface area contributed by atoms with E-state index >= 15 is 0 Å². The van der Waals surface area contributed by atoms with Crippen LogP contribution in [0, 0.1) is 6.92 Å². The molecule has 3 rings (SSSR count). The van der Waals surface area contributed by atoms with Crippen molar-refractivity contribution in [3.63, 3.8) is 0 Å². The zero-order chi connectivity index (χ0) is 14.7. The highest BCUT2D eigenvalue weighted by Crippen LogP contribution is 2.33. The van der Waals surface area contributed by atoms with Gasteiger partial charge >= 0.3 is 0 Å². The van der Waals surface area contributed by atoms with E-state index in [0.29, 0.717) is 6.54 Å². The molecule has 0 aromatic heterocycles. The van der Waals surface area contributed by atoms with Gasteiger partial charge in [0.2, 0.25) is 5.91 Å². The normalized spacial score (nSPS) is 13.7. The summed E-state index contributed by atoms with van der Waals surface area (Å²) in [4.78, 5) is 15.6. The lowest BCUT2D eigenvalue weighted by atomic mass is 10.2. The van der Waals surface area contributed by atoms with Crippen LogP contribution in [0.2, 0.25) is 0 Å². The number of hydrogen-bond acceptors (Lipinski definition) is 3. The molecule has 1 heterocycles. The summed E-state index contributed by atoms with van der Waals surface area (Å²) < 4.78 is 0. The van der Waals surface area contributed by atoms with Gasteiger partial charge in [0.25, 0.3) is 0 Å². The fraction of sp³-hybridized carbons (Fsp3) is 0.235. The molecule has 0 bridgehead atoms. The number of benzene rings is 2. The van der Waals surface area contributed by atoms with Gasteiger partial charge in [-0.1, -0.05) is 29.8 Å². The highest BCUT2D eigenvalue weighted by atomic mass is 32.2. The summed E-state index contributed by atoms with van der Waals surface area (Å²) in [6.45, 7) is 3.34. The summed E-state index contributed by atoms with van der Waals surface area (Å²) in [5, 5.41) is 2.96. The number of carbonyl (C=O) groups excluding carboxylic acids is 1. The van der Waals surface area contributed by atoms with Gasteiger partial charge in [-0.3, -0.25) is 4.79 Å². The van der Waals surface area contributed by atoms with E-state index in [2.05, 4.69) is 22.3 Å². The summed E-state index contributed by atoms with van der Waals surface area (Å²) in [6.07, 6.45) is 0. The van der Waals surface area contributed by atoms with E-state index in [4.69, 9.17) is 0 Å². The van der Waals surface area contributed by atoms with Crippen LogP contribution in [0.3, 0.4) is 0 Å². The molecule has 4 heteroatoms. The van der Waals surface area contributed by atoms with E-state index in [0.717, 1.165) is 23.7 Å². The fourth-order valence-corrected chi connectivity index (χ4v) is 3.45. The molecule has 0 aliphatic carbocycles. The highest BCUT2D eigenvalue weighted by Gasteiger charge is 2.18. The van der Waals surface area contributed by atoms with Crippen LogP contribution in [0.1, 0.15) is 5.56 Å². The lowest BCUT2D eigenvalue weighted by Crippen LogP contribution is -2.36. The molecule has 0 spiro atoms. The Hall–Kier alpha value is -1.94. The maximum absolute atomic E-state index is 12.2. The van der Waals surface area contributed by atoms with Crippen molar-refractivity contribution in [1.82, 2.24) is 0 Å². The number of para-hydroxylation sites is 1. The smallest absolute Gasteiger partial charge is 0.243 e. The summed E-state index contributed by atoms with van der Waals surface area (Å²) in [6, 6.07) is 16.1. The SMILES string of the molecule is Cc1ccc(NC(=O)CN2CCSc3ccccc32)cc1. The molecule has 1 aliphatic rings. The first-order chi connectivity index (χ1) is 10.2. The second-order valence-corrected chi connectivity index (χ2v) is 6.29. The maximum Gasteiger partial charge on any atom is 0.243 e. The molecule has 0 radical (unpaired) electrons. The number of amides is 1. The number of fused-ring (bicyclic) bond motifs is 1. The number of carbonyl (C=O) groups is 1. The van der Waals surface area contributed by atoms with Gasteiger partial charge < -0.3 is 10.2 Å². The van der Waals surface area contributed by atoms with Crippen LogP contribution < -0.4 is 10.2 Å². The Morgan fingerprint density at radius 1 is 1.19 bits per heavy atom. The number of hydrogen-bond donors (Lipinski definition) is 1. The van der Waals surface area contributed by atoms with Crippen LogP contribution in [-0.4, -0.2) is 24.7 Å². The topological polar surface area (TPSA) is 32.3 Å². The van der Waals surface area contributed by atoms with Gasteiger partial charge in [0.05, 0.1) is 12.2 Å². The molecular weight excluding hydrogens is 280 g/mol. The minimum absolute atomic E-state index is 0.0283. The molecule has 0 saturated carbocycles. The quantitative estimate of drug-likeness (QED) is 0.940. The van der Waals surface area contributed by atoms with Gasteiger partial charge in [-0.05, 0) is 31.2 Å². The monoisotopic (exact) mass is 298 g/mol. The van der Waals surface area contributed by atoms with Crippen LogP contribution in [0.25, 0.3) is 0 Å². The van der Waals surface area contributed by atoms with Crippen molar-refractivity contribution >= 4 is 29.0 Å². The average Bonchev–Trinajstić information content (AvgIpc) is 2.50. The van der Waals surface area contributed by atoms with E-state index in [9.17, 15) is 4.79 Å². The maximum atomic E-state index is 12.2. The lowest BCUT2D eigenvalue weighted by Gasteiger charge is -2.30. The molecule has 0 unspecified atom stereocenters. The Morgan fingerprint density at radius 2 is 1.95 bits per heavy atom. The van der Waals surface area contributed by atoms with E-state index < -0.39 is 0 Å². The molecule has 1 amide bonds. The fourth-order valence-electron chi connectivity index (χ4n) is 2.40. The highest BCUT2D eigenvalue weighted by molar-refractivity contribution is 7.99. The van der Waals surface area contributed by atoms with Crippen molar-refractivity contribution < 1.29 is 4.79 Å². The summed E-state index contributed by atoms with van der Waals surface area (Å²) in [7, 11) is 0. The van der Waals surface area contributed by atoms with Gasteiger partial charge in [0, 0.05) is 22.9 Å². The average molecular weight is 298 g/mol. The Kier molecular flexibility index (Phi) is 4.15. The van der Waals surface area contributed by atoms with Crippen LogP contribution >= 0.6 is 11.8 Å². The van der Waals surface area contributed by atoms with Gasteiger partial charge in [0.15, 0.2) is 0 Å². The number of aryl methyl sites for hydroxylation is 1. The predicted octanol–water partition coefficient (Wildman–Crippen LogP) is 3.55. The van der Waals surface area contributed by atoms with Crippen LogP contribution in [-0.2, 0) is 4.79 Å². The molecule has 2 aromatic rings. The molecule has 3 nitrogen and oxygen atoms in total. The van der Waals surface area contributed by atoms with Crippen molar-refractivity contribution in [3.8, 4) is 0 Å². The van der Waals surface area contributed by atoms with Gasteiger partial charge in [-0.15, -0.1) is 11.8 Å². The first-order valence-electron chi connectivity index (χ1n) is 7.06. The minimum atomic E-state index is 0.0283. The summed E-state index contributed by atoms with van der Waals surface area (Å²) in [5.74, 6) is 1.05. The van der Waals surface area contributed by atoms with Gasteiger partial charge in [0.1, 0.15) is 0 Å².